The number of aromatic hydroxyl groups is 1. The van der Waals surface area contributed by atoms with Gasteiger partial charge in [-0.05, 0) is 55.9 Å². The largest absolute Gasteiger partial charge is 0.508 e. The van der Waals surface area contributed by atoms with Crippen LogP contribution < -0.4 is 19.9 Å². The average molecular weight is 585 g/mol. The zero-order valence-corrected chi connectivity index (χ0v) is 24.7. The molecular weight excluding hydrogens is 543 g/mol. The number of rotatable bonds is 5. The van der Waals surface area contributed by atoms with Gasteiger partial charge in [-0.1, -0.05) is 30.7 Å². The van der Waals surface area contributed by atoms with Gasteiger partial charge in [-0.3, -0.25) is 4.90 Å². The molecule has 2 N–H and O–H groups in total. The van der Waals surface area contributed by atoms with Crippen LogP contribution in [0.4, 0.5) is 15.9 Å². The van der Waals surface area contributed by atoms with Crippen LogP contribution in [0, 0.1) is 5.92 Å². The number of nitrogens with one attached hydrogen (secondary N) is 1. The van der Waals surface area contributed by atoms with Gasteiger partial charge in [0.2, 0.25) is 0 Å². The van der Waals surface area contributed by atoms with Gasteiger partial charge in [0.25, 0.3) is 0 Å². The van der Waals surface area contributed by atoms with Crippen LogP contribution in [0.2, 0.25) is 0 Å². The summed E-state index contributed by atoms with van der Waals surface area (Å²) in [4.78, 5) is 17.4. The van der Waals surface area contributed by atoms with Crippen molar-refractivity contribution in [1.29, 1.82) is 0 Å². The number of hydrogen-bond donors (Lipinski definition) is 2. The van der Waals surface area contributed by atoms with Crippen molar-refractivity contribution in [1.82, 2.24) is 20.2 Å². The molecule has 226 valence electrons. The molecule has 5 fully saturated rings. The molecule has 43 heavy (non-hydrogen) atoms. The van der Waals surface area contributed by atoms with Crippen molar-refractivity contribution in [2.45, 2.75) is 87.7 Å². The molecule has 8 nitrogen and oxygen atoms in total. The molecule has 0 amide bonds. The van der Waals surface area contributed by atoms with Crippen LogP contribution in [0.25, 0.3) is 10.8 Å². The monoisotopic (exact) mass is 584 g/mol. The molecule has 0 radical (unpaired) electrons. The predicted molar refractivity (Wildman–Crippen MR) is 165 cm³/mol. The SMILES string of the molecule is Oc1cc(N2CCc3c(nc(OC[C@@]45C[C@H](F)CN4[C@@H]4CCC[C@@H]4C5)nc3N3CC4CCC(C3)N4)C2)c2ccccc2c1. The number of aromatic nitrogens is 2. The lowest BCUT2D eigenvalue weighted by molar-refractivity contribution is 0.0829. The van der Waals surface area contributed by atoms with Crippen molar-refractivity contribution >= 4 is 22.3 Å². The highest BCUT2D eigenvalue weighted by Crippen LogP contribution is 2.52. The number of phenolic OH excluding ortho intramolecular Hbond substituents is 1. The van der Waals surface area contributed by atoms with E-state index in [2.05, 4.69) is 32.1 Å². The number of anilines is 2. The number of piperazine rings is 1. The van der Waals surface area contributed by atoms with E-state index in [9.17, 15) is 9.50 Å². The number of hydrogen-bond acceptors (Lipinski definition) is 8. The zero-order valence-electron chi connectivity index (χ0n) is 24.7. The fraction of sp³-hybridized carbons (Fsp3) is 0.588. The molecule has 2 bridgehead atoms. The lowest BCUT2D eigenvalue weighted by atomic mass is 9.89. The molecule has 9 heteroatoms. The number of ether oxygens (including phenoxy) is 1. The van der Waals surface area contributed by atoms with E-state index >= 15 is 0 Å². The molecular formula is C34H41FN6O2. The highest BCUT2D eigenvalue weighted by molar-refractivity contribution is 5.95. The van der Waals surface area contributed by atoms with Crippen LogP contribution in [-0.4, -0.2) is 82.6 Å². The number of alkyl halides is 1. The molecule has 9 rings (SSSR count). The first kappa shape index (κ1) is 26.3. The van der Waals surface area contributed by atoms with Crippen molar-refractivity contribution in [2.75, 3.05) is 42.6 Å². The van der Waals surface area contributed by atoms with Crippen LogP contribution in [0.3, 0.4) is 0 Å². The van der Waals surface area contributed by atoms with Gasteiger partial charge in [0.1, 0.15) is 24.3 Å². The van der Waals surface area contributed by atoms with E-state index in [1.54, 1.807) is 0 Å². The molecule has 2 aromatic carbocycles. The Morgan fingerprint density at radius 1 is 1.00 bits per heavy atom. The van der Waals surface area contributed by atoms with Crippen molar-refractivity contribution in [3.8, 4) is 11.8 Å². The Kier molecular flexibility index (Phi) is 6.06. The van der Waals surface area contributed by atoms with Gasteiger partial charge in [-0.2, -0.15) is 9.97 Å². The minimum atomic E-state index is -0.785. The first-order chi connectivity index (χ1) is 21.0. The average Bonchev–Trinajstić information content (AvgIpc) is 3.75. The number of nitrogens with zero attached hydrogens (tertiary/aromatic N) is 5. The maximum Gasteiger partial charge on any atom is 0.318 e. The van der Waals surface area contributed by atoms with Crippen molar-refractivity contribution in [2.24, 2.45) is 5.92 Å². The first-order valence-electron chi connectivity index (χ1n) is 16.4. The third kappa shape index (κ3) is 4.37. The van der Waals surface area contributed by atoms with Crippen LogP contribution in [0.15, 0.2) is 36.4 Å². The fourth-order valence-corrected chi connectivity index (χ4v) is 9.67. The molecule has 5 aliphatic heterocycles. The second-order valence-electron chi connectivity index (χ2n) is 14.1. The second-order valence-corrected chi connectivity index (χ2v) is 14.1. The highest BCUT2D eigenvalue weighted by atomic mass is 19.1. The Morgan fingerprint density at radius 3 is 2.74 bits per heavy atom. The molecule has 6 heterocycles. The number of fused-ring (bicyclic) bond motifs is 7. The van der Waals surface area contributed by atoms with Gasteiger partial charge in [0.15, 0.2) is 0 Å². The van der Waals surface area contributed by atoms with E-state index in [1.807, 2.05) is 24.3 Å². The van der Waals surface area contributed by atoms with Crippen molar-refractivity contribution in [3.63, 3.8) is 0 Å². The third-order valence-electron chi connectivity index (χ3n) is 11.4. The highest BCUT2D eigenvalue weighted by Gasteiger charge is 2.58. The third-order valence-corrected chi connectivity index (χ3v) is 11.4. The molecule has 6 aliphatic rings. The van der Waals surface area contributed by atoms with Crippen LogP contribution in [0.1, 0.15) is 56.2 Å². The van der Waals surface area contributed by atoms with Gasteiger partial charge in [0, 0.05) is 73.4 Å². The normalized spacial score (nSPS) is 33.2. The molecule has 6 atom stereocenters. The molecule has 4 saturated heterocycles. The molecule has 1 aliphatic carbocycles. The molecule has 2 unspecified atom stereocenters. The Labute approximate surface area is 252 Å². The van der Waals surface area contributed by atoms with E-state index in [1.165, 1.54) is 37.7 Å². The lowest BCUT2D eigenvalue weighted by Gasteiger charge is -2.38. The Balaban J connectivity index is 1.06. The lowest BCUT2D eigenvalue weighted by Crippen LogP contribution is -2.52. The Bertz CT molecular complexity index is 1560. The molecule has 3 aromatic rings. The van der Waals surface area contributed by atoms with Gasteiger partial charge >= 0.3 is 6.01 Å². The van der Waals surface area contributed by atoms with Crippen LogP contribution in [-0.2, 0) is 13.0 Å². The summed E-state index contributed by atoms with van der Waals surface area (Å²) in [6, 6.07) is 13.9. The summed E-state index contributed by atoms with van der Waals surface area (Å²) in [5.41, 5.74) is 3.00. The number of benzene rings is 2. The summed E-state index contributed by atoms with van der Waals surface area (Å²) in [7, 11) is 0. The summed E-state index contributed by atoms with van der Waals surface area (Å²) in [5.74, 6) is 1.96. The maximum atomic E-state index is 14.9. The quantitative estimate of drug-likeness (QED) is 0.452. The number of halogens is 1. The minimum Gasteiger partial charge on any atom is -0.508 e. The number of phenols is 1. The Morgan fingerprint density at radius 2 is 1.86 bits per heavy atom. The van der Waals surface area contributed by atoms with Crippen LogP contribution >= 0.6 is 0 Å². The summed E-state index contributed by atoms with van der Waals surface area (Å²) in [5, 5.41) is 16.5. The fourth-order valence-electron chi connectivity index (χ4n) is 9.67. The van der Waals surface area contributed by atoms with E-state index in [0.29, 0.717) is 56.2 Å². The summed E-state index contributed by atoms with van der Waals surface area (Å²) in [6.45, 7) is 4.34. The summed E-state index contributed by atoms with van der Waals surface area (Å²) < 4.78 is 21.4. The topological polar surface area (TPSA) is 77.0 Å². The van der Waals surface area contributed by atoms with E-state index in [4.69, 9.17) is 14.7 Å². The maximum absolute atomic E-state index is 14.9. The standard InChI is InChI=1S/C34H41FN6O2/c35-23-15-34(14-22-5-3-7-30(22)41(34)16-23)20-43-33-37-29-19-39(31-13-26(42)12-21-4-1-2-6-27(21)31)11-10-28(29)32(38-33)40-17-24-8-9-25(18-40)36-24/h1-2,4,6,12-13,22-25,30,36,42H,3,5,7-11,14-20H2/t22-,23+,24?,25?,30-,34-/m1/s1. The smallest absolute Gasteiger partial charge is 0.318 e. The first-order valence-corrected chi connectivity index (χ1v) is 16.4. The van der Waals surface area contributed by atoms with Crippen LogP contribution in [0.5, 0.6) is 11.8 Å². The second kappa shape index (κ2) is 9.92. The predicted octanol–water partition coefficient (Wildman–Crippen LogP) is 4.57. The van der Waals surface area contributed by atoms with E-state index in [-0.39, 0.29) is 11.3 Å². The van der Waals surface area contributed by atoms with Gasteiger partial charge in [-0.25, -0.2) is 4.39 Å². The molecule has 0 spiro atoms. The molecule has 1 aromatic heterocycles. The molecule has 1 saturated carbocycles. The van der Waals surface area contributed by atoms with Crippen molar-refractivity contribution in [3.05, 3.63) is 47.7 Å². The minimum absolute atomic E-state index is 0.241. The van der Waals surface area contributed by atoms with Gasteiger partial charge < -0.3 is 25.0 Å². The van der Waals surface area contributed by atoms with Crippen molar-refractivity contribution < 1.29 is 14.2 Å². The van der Waals surface area contributed by atoms with E-state index < -0.39 is 6.17 Å². The van der Waals surface area contributed by atoms with E-state index in [0.717, 1.165) is 60.4 Å². The summed E-state index contributed by atoms with van der Waals surface area (Å²) >= 11 is 0. The van der Waals surface area contributed by atoms with Gasteiger partial charge in [-0.15, -0.1) is 0 Å². The zero-order chi connectivity index (χ0) is 28.7. The summed E-state index contributed by atoms with van der Waals surface area (Å²) in [6.07, 6.45) is 7.74. The Hall–Kier alpha value is -3.17. The van der Waals surface area contributed by atoms with Gasteiger partial charge in [0.05, 0.1) is 17.8 Å².